The summed E-state index contributed by atoms with van der Waals surface area (Å²) in [4.78, 5) is 16.7. The van der Waals surface area contributed by atoms with Crippen molar-refractivity contribution in [3.8, 4) is 0 Å². The van der Waals surface area contributed by atoms with Crippen molar-refractivity contribution in [1.29, 1.82) is 0 Å². The van der Waals surface area contributed by atoms with Gasteiger partial charge in [-0.3, -0.25) is 14.4 Å². The minimum atomic E-state index is -0.0398. The average Bonchev–Trinajstić information content (AvgIpc) is 3.16. The van der Waals surface area contributed by atoms with E-state index in [1.54, 1.807) is 10.9 Å². The van der Waals surface area contributed by atoms with Crippen LogP contribution in [-0.2, 0) is 13.1 Å². The van der Waals surface area contributed by atoms with E-state index in [-0.39, 0.29) is 5.91 Å². The third kappa shape index (κ3) is 3.03. The van der Waals surface area contributed by atoms with E-state index in [1.807, 2.05) is 24.0 Å². The second-order valence-electron chi connectivity index (χ2n) is 5.30. The Hall–Kier alpha value is -1.79. The van der Waals surface area contributed by atoms with Crippen LogP contribution in [-0.4, -0.2) is 51.7 Å². The third-order valence-electron chi connectivity index (χ3n) is 3.92. The number of rotatable bonds is 4. The van der Waals surface area contributed by atoms with Gasteiger partial charge in [-0.15, -0.1) is 0 Å². The van der Waals surface area contributed by atoms with Gasteiger partial charge in [-0.1, -0.05) is 11.6 Å². The summed E-state index contributed by atoms with van der Waals surface area (Å²) in [6, 6.07) is 3.86. The molecule has 3 rings (SSSR count). The largest absolute Gasteiger partial charge is 0.468 e. The number of hydrogen-bond acceptors (Lipinski definition) is 4. The van der Waals surface area contributed by atoms with E-state index in [0.29, 0.717) is 30.4 Å². The SMILES string of the molecule is CCn1ncc(Cl)c1C(=O)N1CCN(Cc2ccco2)CC1. The van der Waals surface area contributed by atoms with Crippen LogP contribution >= 0.6 is 11.6 Å². The van der Waals surface area contributed by atoms with E-state index in [1.165, 1.54) is 6.20 Å². The monoisotopic (exact) mass is 322 g/mol. The van der Waals surface area contributed by atoms with Gasteiger partial charge >= 0.3 is 0 Å². The Labute approximate surface area is 134 Å². The zero-order valence-corrected chi connectivity index (χ0v) is 13.3. The zero-order valence-electron chi connectivity index (χ0n) is 12.5. The quantitative estimate of drug-likeness (QED) is 0.865. The molecule has 6 nitrogen and oxygen atoms in total. The van der Waals surface area contributed by atoms with Crippen LogP contribution in [0.4, 0.5) is 0 Å². The van der Waals surface area contributed by atoms with Crippen molar-refractivity contribution in [2.24, 2.45) is 0 Å². The number of carbonyl (C=O) groups excluding carboxylic acids is 1. The molecule has 1 fully saturated rings. The van der Waals surface area contributed by atoms with Crippen LogP contribution in [0.25, 0.3) is 0 Å². The van der Waals surface area contributed by atoms with Crippen LogP contribution in [0.2, 0.25) is 5.02 Å². The molecule has 0 saturated carbocycles. The molecule has 1 aliphatic rings. The van der Waals surface area contributed by atoms with Crippen LogP contribution < -0.4 is 0 Å². The van der Waals surface area contributed by atoms with Gasteiger partial charge < -0.3 is 9.32 Å². The molecular weight excluding hydrogens is 304 g/mol. The maximum atomic E-state index is 12.6. The first-order valence-electron chi connectivity index (χ1n) is 7.44. The van der Waals surface area contributed by atoms with Crippen molar-refractivity contribution >= 4 is 17.5 Å². The number of piperazine rings is 1. The summed E-state index contributed by atoms with van der Waals surface area (Å²) < 4.78 is 7.02. The Morgan fingerprint density at radius 3 is 2.77 bits per heavy atom. The number of furan rings is 1. The Morgan fingerprint density at radius 1 is 1.36 bits per heavy atom. The van der Waals surface area contributed by atoms with E-state index in [2.05, 4.69) is 10.00 Å². The maximum Gasteiger partial charge on any atom is 0.273 e. The molecule has 0 aliphatic carbocycles. The molecule has 3 heterocycles. The van der Waals surface area contributed by atoms with E-state index in [9.17, 15) is 4.79 Å². The molecule has 0 aromatic carbocycles. The highest BCUT2D eigenvalue weighted by molar-refractivity contribution is 6.33. The fraction of sp³-hybridized carbons (Fsp3) is 0.467. The first kappa shape index (κ1) is 15.1. The second-order valence-corrected chi connectivity index (χ2v) is 5.71. The lowest BCUT2D eigenvalue weighted by atomic mass is 10.2. The molecule has 2 aromatic rings. The van der Waals surface area contributed by atoms with Crippen molar-refractivity contribution in [3.63, 3.8) is 0 Å². The van der Waals surface area contributed by atoms with E-state index in [4.69, 9.17) is 16.0 Å². The van der Waals surface area contributed by atoms with E-state index < -0.39 is 0 Å². The number of hydrogen-bond donors (Lipinski definition) is 0. The Kier molecular flexibility index (Phi) is 4.49. The molecule has 0 bridgehead atoms. The molecule has 0 unspecified atom stereocenters. The third-order valence-corrected chi connectivity index (χ3v) is 4.19. The summed E-state index contributed by atoms with van der Waals surface area (Å²) in [5.41, 5.74) is 0.489. The highest BCUT2D eigenvalue weighted by Gasteiger charge is 2.26. The van der Waals surface area contributed by atoms with Gasteiger partial charge in [-0.05, 0) is 19.1 Å². The summed E-state index contributed by atoms with van der Waals surface area (Å²) in [6.07, 6.45) is 3.22. The summed E-state index contributed by atoms with van der Waals surface area (Å²) in [7, 11) is 0. The van der Waals surface area contributed by atoms with Gasteiger partial charge in [0.05, 0.1) is 24.0 Å². The number of halogens is 1. The van der Waals surface area contributed by atoms with Crippen LogP contribution in [0.3, 0.4) is 0 Å². The van der Waals surface area contributed by atoms with Crippen LogP contribution in [0.15, 0.2) is 29.0 Å². The van der Waals surface area contributed by atoms with Crippen molar-refractivity contribution < 1.29 is 9.21 Å². The fourth-order valence-electron chi connectivity index (χ4n) is 2.70. The van der Waals surface area contributed by atoms with Crippen molar-refractivity contribution in [3.05, 3.63) is 41.1 Å². The van der Waals surface area contributed by atoms with Gasteiger partial charge in [0.15, 0.2) is 0 Å². The van der Waals surface area contributed by atoms with Crippen LogP contribution in [0.5, 0.6) is 0 Å². The van der Waals surface area contributed by atoms with Crippen LogP contribution in [0, 0.1) is 0 Å². The number of carbonyl (C=O) groups is 1. The molecule has 1 saturated heterocycles. The Bertz CT molecular complexity index is 630. The minimum absolute atomic E-state index is 0.0398. The van der Waals surface area contributed by atoms with Gasteiger partial charge in [0.1, 0.15) is 11.5 Å². The minimum Gasteiger partial charge on any atom is -0.468 e. The van der Waals surface area contributed by atoms with Crippen LogP contribution in [0.1, 0.15) is 23.2 Å². The highest BCUT2D eigenvalue weighted by atomic mass is 35.5. The van der Waals surface area contributed by atoms with Gasteiger partial charge in [-0.2, -0.15) is 5.10 Å². The smallest absolute Gasteiger partial charge is 0.273 e. The molecule has 0 spiro atoms. The molecule has 118 valence electrons. The maximum absolute atomic E-state index is 12.6. The number of aryl methyl sites for hydroxylation is 1. The molecule has 1 aliphatic heterocycles. The number of aromatic nitrogens is 2. The highest BCUT2D eigenvalue weighted by Crippen LogP contribution is 2.19. The number of nitrogens with zero attached hydrogens (tertiary/aromatic N) is 4. The number of amides is 1. The molecule has 0 radical (unpaired) electrons. The standard InChI is InChI=1S/C15H19ClN4O2/c1-2-20-14(13(16)10-17-20)15(21)19-7-5-18(6-8-19)11-12-4-3-9-22-12/h3-4,9-10H,2,5-8,11H2,1H3. The van der Waals surface area contributed by atoms with Crippen molar-refractivity contribution in [1.82, 2.24) is 19.6 Å². The Morgan fingerprint density at radius 2 is 2.14 bits per heavy atom. The molecule has 0 atom stereocenters. The summed E-state index contributed by atoms with van der Waals surface area (Å²) >= 11 is 6.11. The van der Waals surface area contributed by atoms with E-state index >= 15 is 0 Å². The fourth-order valence-corrected chi connectivity index (χ4v) is 2.92. The lowest BCUT2D eigenvalue weighted by molar-refractivity contribution is 0.0608. The first-order valence-corrected chi connectivity index (χ1v) is 7.82. The molecule has 2 aromatic heterocycles. The van der Waals surface area contributed by atoms with Gasteiger partial charge in [0, 0.05) is 32.7 Å². The van der Waals surface area contributed by atoms with Gasteiger partial charge in [-0.25, -0.2) is 0 Å². The molecule has 22 heavy (non-hydrogen) atoms. The lowest BCUT2D eigenvalue weighted by Crippen LogP contribution is -2.48. The zero-order chi connectivity index (χ0) is 15.5. The van der Waals surface area contributed by atoms with Gasteiger partial charge in [0.2, 0.25) is 0 Å². The summed E-state index contributed by atoms with van der Waals surface area (Å²) in [5, 5.41) is 4.55. The molecular formula is C15H19ClN4O2. The van der Waals surface area contributed by atoms with Crippen molar-refractivity contribution in [2.45, 2.75) is 20.0 Å². The molecule has 7 heteroatoms. The van der Waals surface area contributed by atoms with Gasteiger partial charge in [0.25, 0.3) is 5.91 Å². The molecule has 0 N–H and O–H groups in total. The van der Waals surface area contributed by atoms with Crippen molar-refractivity contribution in [2.75, 3.05) is 26.2 Å². The average molecular weight is 323 g/mol. The second kappa shape index (κ2) is 6.54. The topological polar surface area (TPSA) is 54.5 Å². The predicted octanol–water partition coefficient (Wildman–Crippen LogP) is 2.11. The predicted molar refractivity (Wildman–Crippen MR) is 82.8 cm³/mol. The molecule has 1 amide bonds. The summed E-state index contributed by atoms with van der Waals surface area (Å²) in [6.45, 7) is 6.38. The lowest BCUT2D eigenvalue weighted by Gasteiger charge is -2.34. The first-order chi connectivity index (χ1) is 10.7. The van der Waals surface area contributed by atoms with E-state index in [0.717, 1.165) is 25.4 Å². The Balaban J connectivity index is 1.61. The normalized spacial score (nSPS) is 16.2. The summed E-state index contributed by atoms with van der Waals surface area (Å²) in [5.74, 6) is 0.911.